The molecule has 0 aliphatic rings. The van der Waals surface area contributed by atoms with E-state index in [-0.39, 0.29) is 31.6 Å². The second-order valence-corrected chi connectivity index (χ2v) is 16.6. The van der Waals surface area contributed by atoms with Gasteiger partial charge >= 0.3 is 11.9 Å². The maximum absolute atomic E-state index is 12.8. The molecule has 0 aromatic rings. The quantitative estimate of drug-likeness (QED) is 0.0346. The summed E-state index contributed by atoms with van der Waals surface area (Å²) in [5, 5.41) is 0. The molecule has 0 amide bonds. The van der Waals surface area contributed by atoms with Crippen molar-refractivity contribution in [1.82, 2.24) is 0 Å². The van der Waals surface area contributed by atoms with E-state index in [1.165, 1.54) is 25.7 Å². The summed E-state index contributed by atoms with van der Waals surface area (Å²) in [7, 11) is 0. The van der Waals surface area contributed by atoms with Crippen molar-refractivity contribution in [3.05, 3.63) is 170 Å². The predicted octanol–water partition coefficient (Wildman–Crippen LogP) is 18.4. The van der Waals surface area contributed by atoms with E-state index >= 15 is 0 Å². The van der Waals surface area contributed by atoms with E-state index in [0.29, 0.717) is 25.9 Å². The summed E-state index contributed by atoms with van der Waals surface area (Å²) in [5.74, 6) is -0.585. The fourth-order valence-electron chi connectivity index (χ4n) is 6.41. The molecule has 1 atom stereocenters. The van der Waals surface area contributed by atoms with Gasteiger partial charge in [-0.2, -0.15) is 0 Å². The predicted molar refractivity (Wildman–Crippen MR) is 297 cm³/mol. The fraction of sp³-hybridized carbons (Fsp3) is 0.524. The van der Waals surface area contributed by atoms with Gasteiger partial charge in [-0.3, -0.25) is 9.59 Å². The summed E-state index contributed by atoms with van der Waals surface area (Å²) in [6, 6.07) is 0. The Morgan fingerprint density at radius 3 is 1.04 bits per heavy atom. The van der Waals surface area contributed by atoms with Gasteiger partial charge in [0.1, 0.15) is 6.61 Å². The van der Waals surface area contributed by atoms with Gasteiger partial charge in [-0.25, -0.2) is 0 Å². The highest BCUT2D eigenvalue weighted by Crippen LogP contribution is 2.10. The van der Waals surface area contributed by atoms with Gasteiger partial charge in [-0.05, 0) is 128 Å². The van der Waals surface area contributed by atoms with Crippen molar-refractivity contribution in [1.29, 1.82) is 0 Å². The number of hydrogen-bond donors (Lipinski definition) is 0. The summed E-state index contributed by atoms with van der Waals surface area (Å²) in [4.78, 5) is 25.4. The highest BCUT2D eigenvalue weighted by molar-refractivity contribution is 5.70. The fourth-order valence-corrected chi connectivity index (χ4v) is 6.41. The van der Waals surface area contributed by atoms with Crippen LogP contribution in [0.15, 0.2) is 170 Å². The average Bonchev–Trinajstić information content (AvgIpc) is 3.34. The monoisotopic (exact) mass is 933 g/mol. The Labute approximate surface area is 417 Å². The van der Waals surface area contributed by atoms with Gasteiger partial charge in [-0.1, -0.05) is 217 Å². The summed E-state index contributed by atoms with van der Waals surface area (Å²) in [6.07, 6.45) is 85.3. The van der Waals surface area contributed by atoms with Crippen molar-refractivity contribution in [2.45, 2.75) is 194 Å². The molecule has 0 bridgehead atoms. The third kappa shape index (κ3) is 53.9. The standard InChI is InChI=1S/C63H96O5/c1-4-7-10-13-16-19-22-25-28-31-32-34-35-38-41-44-47-50-53-56-62(64)67-60-61(59-66-58-55-52-49-46-43-40-37-30-27-24-21-18-15-12-9-6-3)68-63(65)57-54-51-48-45-42-39-36-33-29-26-23-20-17-14-11-8-5-2/h7-12,16-21,25-30,32,34,36,38-39,41,45,47-48,50,61H,4-6,13-15,22-24,31,33,35,37,40,42-44,46,49,51-60H2,1-3H3/b10-7-,11-8-,12-9-,19-16-,20-17-,21-18-,28-25-,29-26-,30-27-,34-32-,39-36-,41-38-,48-45-,50-47-. The third-order valence-corrected chi connectivity index (χ3v) is 10.2. The van der Waals surface area contributed by atoms with Crippen molar-refractivity contribution in [2.24, 2.45) is 0 Å². The highest BCUT2D eigenvalue weighted by Gasteiger charge is 2.17. The van der Waals surface area contributed by atoms with Crippen LogP contribution in [0, 0.1) is 0 Å². The van der Waals surface area contributed by atoms with Crippen LogP contribution >= 0.6 is 0 Å². The summed E-state index contributed by atoms with van der Waals surface area (Å²) >= 11 is 0. The lowest BCUT2D eigenvalue weighted by Gasteiger charge is -2.18. The molecule has 1 unspecified atom stereocenters. The Morgan fingerprint density at radius 1 is 0.324 bits per heavy atom. The van der Waals surface area contributed by atoms with Crippen molar-refractivity contribution in [2.75, 3.05) is 19.8 Å². The summed E-state index contributed by atoms with van der Waals surface area (Å²) in [6.45, 7) is 7.28. The molecular formula is C63H96O5. The molecule has 0 saturated carbocycles. The van der Waals surface area contributed by atoms with E-state index in [1.54, 1.807) is 0 Å². The molecule has 0 saturated heterocycles. The van der Waals surface area contributed by atoms with Crippen LogP contribution in [-0.2, 0) is 23.8 Å². The molecule has 0 aliphatic carbocycles. The largest absolute Gasteiger partial charge is 0.462 e. The Kier molecular flexibility index (Phi) is 52.6. The minimum atomic E-state index is -0.618. The smallest absolute Gasteiger partial charge is 0.306 e. The molecule has 0 aromatic heterocycles. The van der Waals surface area contributed by atoms with Crippen molar-refractivity contribution < 1.29 is 23.8 Å². The van der Waals surface area contributed by atoms with Gasteiger partial charge in [0.15, 0.2) is 6.10 Å². The first-order valence-electron chi connectivity index (χ1n) is 26.7. The molecule has 0 radical (unpaired) electrons. The summed E-state index contributed by atoms with van der Waals surface area (Å²) in [5.41, 5.74) is 0. The van der Waals surface area contributed by atoms with Crippen LogP contribution in [0.5, 0.6) is 0 Å². The van der Waals surface area contributed by atoms with Crippen molar-refractivity contribution >= 4 is 11.9 Å². The van der Waals surface area contributed by atoms with Gasteiger partial charge in [0, 0.05) is 19.4 Å². The zero-order valence-electron chi connectivity index (χ0n) is 43.3. The number of carbonyl (C=O) groups excluding carboxylic acids is 2. The number of carbonyl (C=O) groups is 2. The van der Waals surface area contributed by atoms with Crippen LogP contribution in [0.1, 0.15) is 188 Å². The lowest BCUT2D eigenvalue weighted by atomic mass is 10.1. The first-order valence-corrected chi connectivity index (χ1v) is 26.7. The zero-order chi connectivity index (χ0) is 49.2. The molecule has 0 aliphatic heterocycles. The Balaban J connectivity index is 4.56. The van der Waals surface area contributed by atoms with E-state index in [9.17, 15) is 9.59 Å². The molecule has 0 heterocycles. The highest BCUT2D eigenvalue weighted by atomic mass is 16.6. The minimum Gasteiger partial charge on any atom is -0.462 e. The third-order valence-electron chi connectivity index (χ3n) is 10.2. The first-order chi connectivity index (χ1) is 33.6. The SMILES string of the molecule is CC/C=C\C/C=C\C/C=C\C/C=C\C/C=C\C/C=C\CCC(=O)OCC(COCCCCCCCC/C=C\C/C=C\C/C=C\CC)OC(=O)CCC/C=C\C/C=C\C/C=C\C/C=C\C/C=C\CC. The number of allylic oxidation sites excluding steroid dienone is 28. The lowest BCUT2D eigenvalue weighted by molar-refractivity contribution is -0.162. The second kappa shape index (κ2) is 56.6. The topological polar surface area (TPSA) is 61.8 Å². The van der Waals surface area contributed by atoms with E-state index in [0.717, 1.165) is 116 Å². The van der Waals surface area contributed by atoms with Crippen LogP contribution in [0.25, 0.3) is 0 Å². The molecule has 68 heavy (non-hydrogen) atoms. The summed E-state index contributed by atoms with van der Waals surface area (Å²) < 4.78 is 17.3. The first kappa shape index (κ1) is 63.3. The normalized spacial score (nSPS) is 13.6. The molecule has 0 spiro atoms. The molecule has 0 rings (SSSR count). The molecule has 0 fully saturated rings. The molecule has 0 N–H and O–H groups in total. The minimum absolute atomic E-state index is 0.00410. The van der Waals surface area contributed by atoms with Crippen LogP contribution in [0.3, 0.4) is 0 Å². The number of esters is 2. The van der Waals surface area contributed by atoms with Crippen LogP contribution in [-0.4, -0.2) is 37.9 Å². The Morgan fingerprint density at radius 2 is 0.647 bits per heavy atom. The van der Waals surface area contributed by atoms with Gasteiger partial charge < -0.3 is 14.2 Å². The molecule has 378 valence electrons. The van der Waals surface area contributed by atoms with Gasteiger partial charge in [0.25, 0.3) is 0 Å². The molecule has 5 nitrogen and oxygen atoms in total. The second-order valence-electron chi connectivity index (χ2n) is 16.6. The van der Waals surface area contributed by atoms with Crippen LogP contribution < -0.4 is 0 Å². The van der Waals surface area contributed by atoms with Crippen molar-refractivity contribution in [3.8, 4) is 0 Å². The maximum Gasteiger partial charge on any atom is 0.306 e. The van der Waals surface area contributed by atoms with E-state index < -0.39 is 6.10 Å². The number of rotatable bonds is 46. The lowest BCUT2D eigenvalue weighted by Crippen LogP contribution is -2.30. The van der Waals surface area contributed by atoms with Crippen molar-refractivity contribution in [3.63, 3.8) is 0 Å². The van der Waals surface area contributed by atoms with Gasteiger partial charge in [-0.15, -0.1) is 0 Å². The van der Waals surface area contributed by atoms with Crippen LogP contribution in [0.2, 0.25) is 0 Å². The van der Waals surface area contributed by atoms with E-state index in [1.807, 2.05) is 6.08 Å². The Bertz CT molecular complexity index is 1570. The van der Waals surface area contributed by atoms with Gasteiger partial charge in [0.2, 0.25) is 0 Å². The van der Waals surface area contributed by atoms with E-state index in [4.69, 9.17) is 14.2 Å². The van der Waals surface area contributed by atoms with Gasteiger partial charge in [0.05, 0.1) is 6.61 Å². The Hall–Kier alpha value is -4.74. The van der Waals surface area contributed by atoms with Crippen LogP contribution in [0.4, 0.5) is 0 Å². The molecular weight excluding hydrogens is 837 g/mol. The maximum atomic E-state index is 12.8. The molecule has 0 aromatic carbocycles. The number of hydrogen-bond acceptors (Lipinski definition) is 5. The van der Waals surface area contributed by atoms with E-state index in [2.05, 4.69) is 185 Å². The number of ether oxygens (including phenoxy) is 3. The molecule has 5 heteroatoms. The number of unbranched alkanes of at least 4 members (excludes halogenated alkanes) is 7. The average molecular weight is 933 g/mol. The zero-order valence-corrected chi connectivity index (χ0v) is 43.3.